The number of sulfonamides is 1. The average molecular weight is 320 g/mol. The topological polar surface area (TPSA) is 96.4 Å². The standard InChI is InChI=1S/C10H6F2N2O4S2/c11-6-3-5(9(15)16)4-7(8(6)12)20(17,18)14-10-13-1-2-19-10/h1-4H,(H,13,14)(H,15,16). The molecule has 6 nitrogen and oxygen atoms in total. The SMILES string of the molecule is O=C(O)c1cc(F)c(F)c(S(=O)(=O)Nc2nccs2)c1. The van der Waals surface area contributed by atoms with Gasteiger partial charge in [0.2, 0.25) is 0 Å². The summed E-state index contributed by atoms with van der Waals surface area (Å²) >= 11 is 0.931. The number of aromatic carboxylic acids is 1. The summed E-state index contributed by atoms with van der Waals surface area (Å²) in [6.07, 6.45) is 1.31. The van der Waals surface area contributed by atoms with Gasteiger partial charge < -0.3 is 5.11 Å². The van der Waals surface area contributed by atoms with E-state index in [0.29, 0.717) is 12.1 Å². The molecule has 1 aromatic heterocycles. The normalized spacial score (nSPS) is 11.3. The van der Waals surface area contributed by atoms with Crippen LogP contribution in [0.5, 0.6) is 0 Å². The van der Waals surface area contributed by atoms with Crippen molar-refractivity contribution in [2.24, 2.45) is 0 Å². The lowest BCUT2D eigenvalue weighted by Gasteiger charge is -2.08. The van der Waals surface area contributed by atoms with E-state index < -0.39 is 38.1 Å². The van der Waals surface area contributed by atoms with Crippen LogP contribution >= 0.6 is 11.3 Å². The molecule has 0 atom stereocenters. The van der Waals surface area contributed by atoms with Crippen molar-refractivity contribution in [1.82, 2.24) is 4.98 Å². The summed E-state index contributed by atoms with van der Waals surface area (Å²) < 4.78 is 52.6. The maximum absolute atomic E-state index is 13.6. The summed E-state index contributed by atoms with van der Waals surface area (Å²) in [6, 6.07) is 0.941. The third-order valence-electron chi connectivity index (χ3n) is 2.19. The zero-order valence-corrected chi connectivity index (χ0v) is 11.1. The van der Waals surface area contributed by atoms with Gasteiger partial charge in [0.15, 0.2) is 16.8 Å². The zero-order valence-electron chi connectivity index (χ0n) is 9.50. The second-order valence-corrected chi connectivity index (χ2v) is 6.06. The van der Waals surface area contributed by atoms with Crippen LogP contribution in [0.1, 0.15) is 10.4 Å². The van der Waals surface area contributed by atoms with Gasteiger partial charge in [0.1, 0.15) is 4.90 Å². The number of anilines is 1. The highest BCUT2D eigenvalue weighted by atomic mass is 32.2. The van der Waals surface area contributed by atoms with Gasteiger partial charge in [-0.25, -0.2) is 27.0 Å². The van der Waals surface area contributed by atoms with Gasteiger partial charge in [-0.1, -0.05) is 0 Å². The minimum Gasteiger partial charge on any atom is -0.478 e. The lowest BCUT2D eigenvalue weighted by Crippen LogP contribution is -2.16. The Morgan fingerprint density at radius 3 is 2.60 bits per heavy atom. The van der Waals surface area contributed by atoms with Gasteiger partial charge in [-0.2, -0.15) is 0 Å². The predicted octanol–water partition coefficient (Wildman–Crippen LogP) is 1.92. The number of aromatic nitrogens is 1. The molecule has 0 saturated carbocycles. The third-order valence-corrected chi connectivity index (χ3v) is 4.34. The molecular formula is C10H6F2N2O4S2. The van der Waals surface area contributed by atoms with E-state index in [9.17, 15) is 22.0 Å². The number of benzene rings is 1. The number of hydrogen-bond acceptors (Lipinski definition) is 5. The summed E-state index contributed by atoms with van der Waals surface area (Å²) in [5.41, 5.74) is -0.677. The number of hydrogen-bond donors (Lipinski definition) is 2. The van der Waals surface area contributed by atoms with Crippen molar-refractivity contribution in [2.45, 2.75) is 4.90 Å². The van der Waals surface area contributed by atoms with Gasteiger partial charge in [0.05, 0.1) is 5.56 Å². The van der Waals surface area contributed by atoms with Crippen molar-refractivity contribution in [3.8, 4) is 0 Å². The number of thiazole rings is 1. The molecule has 0 bridgehead atoms. The first-order chi connectivity index (χ1) is 9.31. The number of carbonyl (C=O) groups is 1. The largest absolute Gasteiger partial charge is 0.478 e. The smallest absolute Gasteiger partial charge is 0.335 e. The van der Waals surface area contributed by atoms with Crippen molar-refractivity contribution in [1.29, 1.82) is 0 Å². The van der Waals surface area contributed by atoms with Crippen LogP contribution in [0, 0.1) is 11.6 Å². The van der Waals surface area contributed by atoms with Gasteiger partial charge in [0.25, 0.3) is 10.0 Å². The van der Waals surface area contributed by atoms with E-state index in [1.165, 1.54) is 11.6 Å². The number of nitrogens with one attached hydrogen (secondary N) is 1. The first-order valence-corrected chi connectivity index (χ1v) is 7.32. The minimum atomic E-state index is -4.47. The maximum Gasteiger partial charge on any atom is 0.335 e. The Labute approximate surface area is 115 Å². The van der Waals surface area contributed by atoms with Crippen molar-refractivity contribution in [2.75, 3.05) is 4.72 Å². The van der Waals surface area contributed by atoms with Crippen molar-refractivity contribution in [3.05, 3.63) is 40.9 Å². The molecule has 0 fully saturated rings. The second-order valence-electron chi connectivity index (χ2n) is 3.52. The molecule has 20 heavy (non-hydrogen) atoms. The Balaban J connectivity index is 2.53. The second kappa shape index (κ2) is 5.13. The highest BCUT2D eigenvalue weighted by Crippen LogP contribution is 2.23. The Hall–Kier alpha value is -2.07. The highest BCUT2D eigenvalue weighted by molar-refractivity contribution is 7.93. The zero-order chi connectivity index (χ0) is 14.9. The van der Waals surface area contributed by atoms with Gasteiger partial charge in [0, 0.05) is 11.6 Å². The van der Waals surface area contributed by atoms with E-state index in [4.69, 9.17) is 5.11 Å². The molecule has 0 radical (unpaired) electrons. The maximum atomic E-state index is 13.6. The van der Waals surface area contributed by atoms with Crippen LogP contribution in [-0.2, 0) is 10.0 Å². The van der Waals surface area contributed by atoms with Crippen LogP contribution in [0.4, 0.5) is 13.9 Å². The minimum absolute atomic E-state index is 0.0504. The molecule has 0 amide bonds. The molecule has 2 aromatic rings. The number of rotatable bonds is 4. The molecule has 1 aromatic carbocycles. The van der Waals surface area contributed by atoms with Gasteiger partial charge >= 0.3 is 5.97 Å². The van der Waals surface area contributed by atoms with E-state index in [0.717, 1.165) is 11.3 Å². The van der Waals surface area contributed by atoms with E-state index >= 15 is 0 Å². The third kappa shape index (κ3) is 2.75. The summed E-state index contributed by atoms with van der Waals surface area (Å²) in [5, 5.41) is 10.2. The van der Waals surface area contributed by atoms with Gasteiger partial charge in [-0.15, -0.1) is 11.3 Å². The summed E-state index contributed by atoms with van der Waals surface area (Å²) in [7, 11) is -4.47. The summed E-state index contributed by atoms with van der Waals surface area (Å²) in [4.78, 5) is 13.3. The molecule has 10 heteroatoms. The monoisotopic (exact) mass is 320 g/mol. The molecule has 0 aliphatic rings. The lowest BCUT2D eigenvalue weighted by molar-refractivity contribution is 0.0696. The molecule has 0 unspecified atom stereocenters. The number of carboxylic acid groups (broad SMARTS) is 1. The Morgan fingerprint density at radius 2 is 2.05 bits per heavy atom. The Morgan fingerprint density at radius 1 is 1.35 bits per heavy atom. The molecule has 106 valence electrons. The van der Waals surface area contributed by atoms with E-state index in [1.54, 1.807) is 0 Å². The molecule has 2 rings (SSSR count). The fraction of sp³-hybridized carbons (Fsp3) is 0. The van der Waals surface area contributed by atoms with Crippen molar-refractivity contribution < 1.29 is 27.1 Å². The first kappa shape index (κ1) is 14.3. The average Bonchev–Trinajstić information content (AvgIpc) is 2.83. The molecule has 0 aliphatic heterocycles. The van der Waals surface area contributed by atoms with E-state index in [1.807, 2.05) is 4.72 Å². The van der Waals surface area contributed by atoms with Crippen LogP contribution in [0.15, 0.2) is 28.6 Å². The van der Waals surface area contributed by atoms with Crippen LogP contribution in [0.2, 0.25) is 0 Å². The van der Waals surface area contributed by atoms with Gasteiger partial charge in [-0.05, 0) is 12.1 Å². The van der Waals surface area contributed by atoms with Crippen LogP contribution in [0.3, 0.4) is 0 Å². The van der Waals surface area contributed by atoms with Crippen LogP contribution in [-0.4, -0.2) is 24.5 Å². The summed E-state index contributed by atoms with van der Waals surface area (Å²) in [5.74, 6) is -4.79. The fourth-order valence-corrected chi connectivity index (χ4v) is 3.23. The van der Waals surface area contributed by atoms with Crippen LogP contribution < -0.4 is 4.72 Å². The Bertz CT molecular complexity index is 760. The predicted molar refractivity (Wildman–Crippen MR) is 66.2 cm³/mol. The first-order valence-electron chi connectivity index (χ1n) is 4.96. The number of halogens is 2. The number of nitrogens with zero attached hydrogens (tertiary/aromatic N) is 1. The molecular weight excluding hydrogens is 314 g/mol. The van der Waals surface area contributed by atoms with Crippen molar-refractivity contribution in [3.63, 3.8) is 0 Å². The van der Waals surface area contributed by atoms with Crippen LogP contribution in [0.25, 0.3) is 0 Å². The molecule has 1 heterocycles. The van der Waals surface area contributed by atoms with E-state index in [2.05, 4.69) is 4.98 Å². The quantitative estimate of drug-likeness (QED) is 0.897. The molecule has 2 N–H and O–H groups in total. The molecule has 0 saturated heterocycles. The Kier molecular flexibility index (Phi) is 3.68. The summed E-state index contributed by atoms with van der Waals surface area (Å²) in [6.45, 7) is 0. The highest BCUT2D eigenvalue weighted by Gasteiger charge is 2.25. The van der Waals surface area contributed by atoms with Crippen molar-refractivity contribution >= 4 is 32.5 Å². The number of carboxylic acids is 1. The molecule has 0 spiro atoms. The fourth-order valence-electron chi connectivity index (χ4n) is 1.33. The van der Waals surface area contributed by atoms with Gasteiger partial charge in [-0.3, -0.25) is 4.72 Å². The van der Waals surface area contributed by atoms with E-state index in [-0.39, 0.29) is 5.13 Å². The molecule has 0 aliphatic carbocycles. The lowest BCUT2D eigenvalue weighted by atomic mass is 10.2.